The Morgan fingerprint density at radius 1 is 1.04 bits per heavy atom. The molecule has 0 radical (unpaired) electrons. The Labute approximate surface area is 155 Å². The fourth-order valence-electron chi connectivity index (χ4n) is 2.79. The van der Waals surface area contributed by atoms with Crippen LogP contribution in [0.3, 0.4) is 0 Å². The number of hydrogen-bond donors (Lipinski definition) is 0. The minimum absolute atomic E-state index is 0.0966. The summed E-state index contributed by atoms with van der Waals surface area (Å²) in [4.78, 5) is 24.4. The molecule has 0 bridgehead atoms. The Balaban J connectivity index is 2.10. The summed E-state index contributed by atoms with van der Waals surface area (Å²) in [6.07, 6.45) is 0.342. The average Bonchev–Trinajstić information content (AvgIpc) is 2.65. The van der Waals surface area contributed by atoms with Crippen LogP contribution in [0.2, 0.25) is 0 Å². The van der Waals surface area contributed by atoms with Crippen molar-refractivity contribution >= 4 is 11.8 Å². The van der Waals surface area contributed by atoms with Crippen molar-refractivity contribution in [2.45, 2.75) is 33.8 Å². The number of rotatable bonds is 8. The Kier molecular flexibility index (Phi) is 6.96. The quantitative estimate of drug-likeness (QED) is 0.528. The first-order chi connectivity index (χ1) is 12.4. The molecule has 0 aliphatic carbocycles. The predicted octanol–water partition coefficient (Wildman–Crippen LogP) is 4.13. The van der Waals surface area contributed by atoms with Crippen LogP contribution in [0.15, 0.2) is 48.5 Å². The van der Waals surface area contributed by atoms with E-state index in [9.17, 15) is 9.59 Å². The predicted molar refractivity (Wildman–Crippen MR) is 101 cm³/mol. The van der Waals surface area contributed by atoms with Crippen LogP contribution in [0.25, 0.3) is 0 Å². The fourth-order valence-corrected chi connectivity index (χ4v) is 2.79. The van der Waals surface area contributed by atoms with Crippen LogP contribution in [0.4, 0.5) is 0 Å². The molecule has 2 aromatic carbocycles. The van der Waals surface area contributed by atoms with Gasteiger partial charge in [0.15, 0.2) is 0 Å². The average molecular weight is 354 g/mol. The van der Waals surface area contributed by atoms with Gasteiger partial charge in [0.2, 0.25) is 0 Å². The van der Waals surface area contributed by atoms with E-state index in [1.807, 2.05) is 55.5 Å². The van der Waals surface area contributed by atoms with E-state index < -0.39 is 11.9 Å². The maximum atomic E-state index is 12.4. The molecule has 0 N–H and O–H groups in total. The summed E-state index contributed by atoms with van der Waals surface area (Å²) in [5, 5.41) is 0. The summed E-state index contributed by atoms with van der Waals surface area (Å²) in [6.45, 7) is 6.05. The Hall–Kier alpha value is -2.62. The Morgan fingerprint density at radius 3 is 2.31 bits per heavy atom. The summed E-state index contributed by atoms with van der Waals surface area (Å²) in [7, 11) is 1.32. The minimum atomic E-state index is -0.769. The molecule has 2 aromatic rings. The summed E-state index contributed by atoms with van der Waals surface area (Å²) >= 11 is 0. The number of hydrogen-bond acceptors (Lipinski definition) is 4. The number of carbonyl (C=O) groups excluding carboxylic acids is 2. The van der Waals surface area contributed by atoms with Crippen molar-refractivity contribution in [3.05, 3.63) is 65.2 Å². The number of methoxy groups -OCH3 is 1. The second-order valence-corrected chi connectivity index (χ2v) is 6.70. The molecule has 4 heteroatoms. The molecule has 0 saturated heterocycles. The molecule has 138 valence electrons. The fraction of sp³-hybridized carbons (Fsp3) is 0.364. The molecule has 0 saturated carbocycles. The standard InChI is InChI=1S/C22H26O4/c1-15(2)21(23)20(22(24)25-4)13-18-10-11-19(12-16(18)3)26-14-17-8-6-5-7-9-17/h5-12,15,20H,13-14H2,1-4H3. The van der Waals surface area contributed by atoms with E-state index in [2.05, 4.69) is 0 Å². The van der Waals surface area contributed by atoms with Gasteiger partial charge in [0.25, 0.3) is 0 Å². The Morgan fingerprint density at radius 2 is 1.73 bits per heavy atom. The van der Waals surface area contributed by atoms with Crippen molar-refractivity contribution in [1.29, 1.82) is 0 Å². The lowest BCUT2D eigenvalue weighted by atomic mass is 9.88. The van der Waals surface area contributed by atoms with Gasteiger partial charge in [-0.05, 0) is 42.2 Å². The third-order valence-corrected chi connectivity index (χ3v) is 4.38. The van der Waals surface area contributed by atoms with Crippen LogP contribution in [-0.4, -0.2) is 18.9 Å². The molecule has 0 aromatic heterocycles. The Bertz CT molecular complexity index is 750. The van der Waals surface area contributed by atoms with Crippen LogP contribution < -0.4 is 4.74 Å². The highest BCUT2D eigenvalue weighted by molar-refractivity contribution is 6.00. The molecule has 0 aliphatic rings. The normalized spacial score (nSPS) is 11.9. The molecular formula is C22H26O4. The van der Waals surface area contributed by atoms with E-state index in [4.69, 9.17) is 9.47 Å². The van der Waals surface area contributed by atoms with Gasteiger partial charge in [-0.1, -0.05) is 50.2 Å². The largest absolute Gasteiger partial charge is 0.489 e. The lowest BCUT2D eigenvalue weighted by molar-refractivity contribution is -0.150. The van der Waals surface area contributed by atoms with Crippen molar-refractivity contribution in [2.24, 2.45) is 11.8 Å². The molecule has 0 aliphatic heterocycles. The van der Waals surface area contributed by atoms with Crippen LogP contribution in [0, 0.1) is 18.8 Å². The molecule has 1 atom stereocenters. The molecule has 0 spiro atoms. The van der Waals surface area contributed by atoms with E-state index in [0.29, 0.717) is 13.0 Å². The van der Waals surface area contributed by atoms with Crippen molar-refractivity contribution < 1.29 is 19.1 Å². The number of aryl methyl sites for hydroxylation is 1. The van der Waals surface area contributed by atoms with Gasteiger partial charge in [0.1, 0.15) is 24.1 Å². The number of carbonyl (C=O) groups is 2. The molecule has 0 heterocycles. The highest BCUT2D eigenvalue weighted by atomic mass is 16.5. The molecule has 0 fully saturated rings. The number of ether oxygens (including phenoxy) is 2. The van der Waals surface area contributed by atoms with E-state index >= 15 is 0 Å². The first-order valence-electron chi connectivity index (χ1n) is 8.80. The van der Waals surface area contributed by atoms with Crippen molar-refractivity contribution in [2.75, 3.05) is 7.11 Å². The second-order valence-electron chi connectivity index (χ2n) is 6.70. The lowest BCUT2D eigenvalue weighted by Crippen LogP contribution is -2.30. The van der Waals surface area contributed by atoms with Gasteiger partial charge in [0, 0.05) is 5.92 Å². The highest BCUT2D eigenvalue weighted by Crippen LogP contribution is 2.23. The van der Waals surface area contributed by atoms with Crippen LogP contribution in [0.1, 0.15) is 30.5 Å². The molecule has 26 heavy (non-hydrogen) atoms. The molecule has 1 unspecified atom stereocenters. The monoisotopic (exact) mass is 354 g/mol. The van der Waals surface area contributed by atoms with E-state index in [1.165, 1.54) is 7.11 Å². The maximum absolute atomic E-state index is 12.4. The summed E-state index contributed by atoms with van der Waals surface area (Å²) < 4.78 is 10.7. The molecule has 4 nitrogen and oxygen atoms in total. The van der Waals surface area contributed by atoms with Gasteiger partial charge in [-0.15, -0.1) is 0 Å². The zero-order chi connectivity index (χ0) is 19.1. The molecule has 0 amide bonds. The summed E-state index contributed by atoms with van der Waals surface area (Å²) in [6, 6.07) is 15.7. The SMILES string of the molecule is COC(=O)C(Cc1ccc(OCc2ccccc2)cc1C)C(=O)C(C)C. The number of ketones is 1. The zero-order valence-electron chi connectivity index (χ0n) is 15.8. The lowest BCUT2D eigenvalue weighted by Gasteiger charge is -2.17. The van der Waals surface area contributed by atoms with E-state index in [1.54, 1.807) is 13.8 Å². The van der Waals surface area contributed by atoms with Crippen molar-refractivity contribution in [3.63, 3.8) is 0 Å². The first kappa shape index (κ1) is 19.7. The molecule has 2 rings (SSSR count). The number of Topliss-reactive ketones (excluding diaryl/α,β-unsaturated/α-hetero) is 1. The smallest absolute Gasteiger partial charge is 0.316 e. The zero-order valence-corrected chi connectivity index (χ0v) is 15.8. The van der Waals surface area contributed by atoms with Gasteiger partial charge in [-0.3, -0.25) is 9.59 Å². The first-order valence-corrected chi connectivity index (χ1v) is 8.80. The van der Waals surface area contributed by atoms with Crippen LogP contribution in [-0.2, 0) is 27.4 Å². The van der Waals surface area contributed by atoms with E-state index in [-0.39, 0.29) is 11.7 Å². The summed E-state index contributed by atoms with van der Waals surface area (Å²) in [5.74, 6) is -0.796. The van der Waals surface area contributed by atoms with Crippen molar-refractivity contribution in [3.8, 4) is 5.75 Å². The third-order valence-electron chi connectivity index (χ3n) is 4.38. The van der Waals surface area contributed by atoms with Gasteiger partial charge < -0.3 is 9.47 Å². The van der Waals surface area contributed by atoms with Crippen LogP contribution >= 0.6 is 0 Å². The minimum Gasteiger partial charge on any atom is -0.489 e. The maximum Gasteiger partial charge on any atom is 0.316 e. The third kappa shape index (κ3) is 5.19. The second kappa shape index (κ2) is 9.18. The van der Waals surface area contributed by atoms with E-state index in [0.717, 1.165) is 22.4 Å². The number of esters is 1. The van der Waals surface area contributed by atoms with Gasteiger partial charge in [-0.25, -0.2) is 0 Å². The van der Waals surface area contributed by atoms with Gasteiger partial charge in [-0.2, -0.15) is 0 Å². The number of benzene rings is 2. The summed E-state index contributed by atoms with van der Waals surface area (Å²) in [5.41, 5.74) is 3.03. The molecular weight excluding hydrogens is 328 g/mol. The van der Waals surface area contributed by atoms with Gasteiger partial charge in [0.05, 0.1) is 7.11 Å². The van der Waals surface area contributed by atoms with Gasteiger partial charge >= 0.3 is 5.97 Å². The highest BCUT2D eigenvalue weighted by Gasteiger charge is 2.29. The van der Waals surface area contributed by atoms with Crippen LogP contribution in [0.5, 0.6) is 5.75 Å². The van der Waals surface area contributed by atoms with Crippen molar-refractivity contribution in [1.82, 2.24) is 0 Å². The topological polar surface area (TPSA) is 52.6 Å².